The summed E-state index contributed by atoms with van der Waals surface area (Å²) in [6, 6.07) is 43.6. The van der Waals surface area contributed by atoms with Gasteiger partial charge in [-0.15, -0.1) is 0 Å². The molecule has 4 aromatic carbocycles. The number of hydrogen-bond acceptors (Lipinski definition) is 2. The summed E-state index contributed by atoms with van der Waals surface area (Å²) in [5.74, 6) is 0. The quantitative estimate of drug-likeness (QED) is 0.111. The number of nitrogens with zero attached hydrogens (tertiary/aromatic N) is 2. The van der Waals surface area contributed by atoms with Crippen LogP contribution in [0, 0.1) is 10.8 Å². The van der Waals surface area contributed by atoms with Crippen LogP contribution in [0.4, 0.5) is 0 Å². The molecule has 0 bridgehead atoms. The maximum atomic E-state index is 5.12. The summed E-state index contributed by atoms with van der Waals surface area (Å²) in [6.07, 6.45) is 1.78. The van der Waals surface area contributed by atoms with E-state index in [-0.39, 0.29) is 10.8 Å². The molecule has 0 saturated heterocycles. The Hall–Kier alpha value is -2.92. The van der Waals surface area contributed by atoms with E-state index in [4.69, 9.17) is 10.2 Å². The van der Waals surface area contributed by atoms with Gasteiger partial charge in [0, 0.05) is 23.2 Å². The zero-order valence-corrected chi connectivity index (χ0v) is 26.5. The molecule has 0 fully saturated rings. The van der Waals surface area contributed by atoms with Crippen molar-refractivity contribution in [2.24, 2.45) is 21.0 Å². The molecule has 0 radical (unpaired) electrons. The summed E-state index contributed by atoms with van der Waals surface area (Å²) >= 11 is 0. The summed E-state index contributed by atoms with van der Waals surface area (Å²) < 4.78 is 0. The minimum atomic E-state index is -0.598. The fourth-order valence-corrected chi connectivity index (χ4v) is 9.48. The maximum absolute atomic E-state index is 5.12. The van der Waals surface area contributed by atoms with Crippen molar-refractivity contribution in [3.63, 3.8) is 0 Å². The fourth-order valence-electron chi connectivity index (χ4n) is 4.35. The van der Waals surface area contributed by atoms with Gasteiger partial charge in [0.05, 0.1) is 11.4 Å². The Morgan fingerprint density at radius 2 is 0.650 bits per heavy atom. The molecule has 0 unspecified atom stereocenters. The van der Waals surface area contributed by atoms with E-state index >= 15 is 0 Å². The van der Waals surface area contributed by atoms with Gasteiger partial charge in [-0.05, 0) is 37.1 Å². The van der Waals surface area contributed by atoms with Gasteiger partial charge in [-0.1, -0.05) is 163 Å². The Bertz CT molecular complexity index is 1200. The highest BCUT2D eigenvalue weighted by Crippen LogP contribution is 2.38. The van der Waals surface area contributed by atoms with Crippen molar-refractivity contribution in [3.8, 4) is 0 Å². The molecule has 0 aliphatic carbocycles. The third-order valence-electron chi connectivity index (χ3n) is 6.91. The molecule has 4 aromatic rings. The first kappa shape index (κ1) is 30.0. The van der Waals surface area contributed by atoms with Crippen LogP contribution in [0.5, 0.6) is 0 Å². The monoisotopic (exact) mass is 564 g/mol. The van der Waals surface area contributed by atoms with E-state index in [0.29, 0.717) is 0 Å². The number of hydrogen-bond donors (Lipinski definition) is 0. The summed E-state index contributed by atoms with van der Waals surface area (Å²) in [5.41, 5.74) is 2.11. The normalized spacial score (nSPS) is 13.2. The summed E-state index contributed by atoms with van der Waals surface area (Å²) in [7, 11) is -1.20. The predicted molar refractivity (Wildman–Crippen MR) is 182 cm³/mol. The standard InChI is InChI=1S/C36H42N2P2/c1-35(2,3)33(27-39(29-19-11-7-12-20-29)30-21-13-8-14-22-30)37-38-34(36(4,5)6)28-40(31-23-15-9-16-24-31)32-25-17-10-18-26-32/h7-26H,27-28H2,1-6H3/b37-33+,38-34+. The minimum Gasteiger partial charge on any atom is -0.159 e. The molecule has 4 heteroatoms. The molecule has 0 atom stereocenters. The van der Waals surface area contributed by atoms with Gasteiger partial charge < -0.3 is 0 Å². The highest BCUT2D eigenvalue weighted by Gasteiger charge is 2.27. The van der Waals surface area contributed by atoms with E-state index in [1.165, 1.54) is 21.2 Å². The smallest absolute Gasteiger partial charge is 0.0508 e. The average Bonchev–Trinajstić information content (AvgIpc) is 2.95. The maximum Gasteiger partial charge on any atom is 0.0508 e. The molecule has 0 aliphatic heterocycles. The third kappa shape index (κ3) is 8.30. The van der Waals surface area contributed by atoms with Crippen LogP contribution >= 0.6 is 15.8 Å². The summed E-state index contributed by atoms with van der Waals surface area (Å²) in [4.78, 5) is 0. The van der Waals surface area contributed by atoms with E-state index in [1.54, 1.807) is 0 Å². The minimum absolute atomic E-state index is 0.0970. The van der Waals surface area contributed by atoms with Crippen molar-refractivity contribution in [2.75, 3.05) is 12.3 Å². The number of benzene rings is 4. The lowest BCUT2D eigenvalue weighted by Crippen LogP contribution is -2.29. The van der Waals surface area contributed by atoms with E-state index < -0.39 is 15.8 Å². The Balaban J connectivity index is 1.75. The Labute approximate surface area is 244 Å². The van der Waals surface area contributed by atoms with Crippen LogP contribution in [0.2, 0.25) is 0 Å². The van der Waals surface area contributed by atoms with Gasteiger partial charge in [-0.25, -0.2) is 0 Å². The summed E-state index contributed by atoms with van der Waals surface area (Å²) in [5, 5.41) is 15.7. The van der Waals surface area contributed by atoms with E-state index in [0.717, 1.165) is 23.7 Å². The van der Waals surface area contributed by atoms with Crippen LogP contribution in [-0.4, -0.2) is 23.7 Å². The molecule has 0 amide bonds. The first-order chi connectivity index (χ1) is 19.1. The van der Waals surface area contributed by atoms with Gasteiger partial charge in [0.1, 0.15) is 0 Å². The van der Waals surface area contributed by atoms with Crippen molar-refractivity contribution in [1.82, 2.24) is 0 Å². The lowest BCUT2D eigenvalue weighted by atomic mass is 9.90. The lowest BCUT2D eigenvalue weighted by molar-refractivity contribution is 0.578. The van der Waals surface area contributed by atoms with E-state index in [1.807, 2.05) is 0 Å². The second-order valence-corrected chi connectivity index (χ2v) is 16.5. The third-order valence-corrected chi connectivity index (χ3v) is 11.8. The average molecular weight is 565 g/mol. The SMILES string of the molecule is CC(C)(C)/C(CP(c1ccccc1)c1ccccc1)=N/N=C(\CP(c1ccccc1)c1ccccc1)C(C)(C)C. The Morgan fingerprint density at radius 3 is 0.850 bits per heavy atom. The largest absolute Gasteiger partial charge is 0.159 e. The highest BCUT2D eigenvalue weighted by atomic mass is 31.1. The first-order valence-corrected chi connectivity index (χ1v) is 17.1. The van der Waals surface area contributed by atoms with Gasteiger partial charge >= 0.3 is 0 Å². The molecule has 0 N–H and O–H groups in total. The van der Waals surface area contributed by atoms with Crippen molar-refractivity contribution in [1.29, 1.82) is 0 Å². The molecular weight excluding hydrogens is 522 g/mol. The molecule has 40 heavy (non-hydrogen) atoms. The summed E-state index contributed by atoms with van der Waals surface area (Å²) in [6.45, 7) is 13.6. The second kappa shape index (κ2) is 13.6. The zero-order chi connectivity index (χ0) is 28.6. The molecule has 0 aliphatic rings. The topological polar surface area (TPSA) is 24.7 Å². The van der Waals surface area contributed by atoms with Crippen LogP contribution in [0.25, 0.3) is 0 Å². The van der Waals surface area contributed by atoms with Crippen molar-refractivity contribution < 1.29 is 0 Å². The van der Waals surface area contributed by atoms with Gasteiger partial charge in [-0.3, -0.25) is 0 Å². The van der Waals surface area contributed by atoms with Crippen molar-refractivity contribution >= 4 is 48.5 Å². The van der Waals surface area contributed by atoms with Gasteiger partial charge in [0.25, 0.3) is 0 Å². The molecule has 2 nitrogen and oxygen atoms in total. The fraction of sp³-hybridized carbons (Fsp3) is 0.278. The van der Waals surface area contributed by atoms with Crippen molar-refractivity contribution in [3.05, 3.63) is 121 Å². The van der Waals surface area contributed by atoms with Gasteiger partial charge in [0.15, 0.2) is 0 Å². The van der Waals surface area contributed by atoms with Crippen LogP contribution in [0.1, 0.15) is 41.5 Å². The van der Waals surface area contributed by atoms with E-state index in [9.17, 15) is 0 Å². The first-order valence-electron chi connectivity index (χ1n) is 14.0. The van der Waals surface area contributed by atoms with Crippen LogP contribution < -0.4 is 21.2 Å². The highest BCUT2D eigenvalue weighted by molar-refractivity contribution is 7.74. The molecular formula is C36H42N2P2. The molecule has 206 valence electrons. The Kier molecular flexibility index (Phi) is 10.2. The van der Waals surface area contributed by atoms with Crippen LogP contribution in [0.3, 0.4) is 0 Å². The molecule has 0 saturated carbocycles. The van der Waals surface area contributed by atoms with Crippen LogP contribution in [0.15, 0.2) is 132 Å². The zero-order valence-electron chi connectivity index (χ0n) is 24.8. The molecule has 4 rings (SSSR count). The van der Waals surface area contributed by atoms with Crippen LogP contribution in [-0.2, 0) is 0 Å². The number of rotatable bonds is 9. The van der Waals surface area contributed by atoms with E-state index in [2.05, 4.69) is 163 Å². The van der Waals surface area contributed by atoms with Crippen molar-refractivity contribution in [2.45, 2.75) is 41.5 Å². The van der Waals surface area contributed by atoms with Gasteiger partial charge in [0.2, 0.25) is 0 Å². The molecule has 0 heterocycles. The Morgan fingerprint density at radius 1 is 0.425 bits per heavy atom. The lowest BCUT2D eigenvalue weighted by Gasteiger charge is -2.28. The molecule has 0 spiro atoms. The second-order valence-electron chi connectivity index (χ2n) is 12.1. The van der Waals surface area contributed by atoms with Gasteiger partial charge in [-0.2, -0.15) is 10.2 Å². The predicted octanol–water partition coefficient (Wildman–Crippen LogP) is 8.14. The molecule has 0 aromatic heterocycles.